The van der Waals surface area contributed by atoms with Gasteiger partial charge < -0.3 is 5.11 Å². The van der Waals surface area contributed by atoms with Crippen molar-refractivity contribution in [3.05, 3.63) is 88.0 Å². The second-order valence-electron chi connectivity index (χ2n) is 14.5. The second-order valence-corrected chi connectivity index (χ2v) is 18.1. The van der Waals surface area contributed by atoms with E-state index in [1.165, 1.54) is 22.0 Å². The Bertz CT molecular complexity index is 1310. The molecular weight excluding hydrogens is 455 g/mol. The lowest BCUT2D eigenvalue weighted by Crippen LogP contribution is -2.48. The van der Waals surface area contributed by atoms with E-state index in [9.17, 15) is 5.11 Å². The van der Waals surface area contributed by atoms with Crippen molar-refractivity contribution in [2.75, 3.05) is 0 Å². The Morgan fingerprint density at radius 3 is 1.47 bits per heavy atom. The van der Waals surface area contributed by atoms with E-state index >= 15 is 0 Å². The Balaban J connectivity index is 1.87. The molecule has 1 aliphatic heterocycles. The molecular formula is C34H43OP. The summed E-state index contributed by atoms with van der Waals surface area (Å²) in [5.74, 6) is 0. The molecule has 1 unspecified atom stereocenters. The van der Waals surface area contributed by atoms with Gasteiger partial charge in [0, 0.05) is 21.8 Å². The molecule has 1 N–H and O–H groups in total. The summed E-state index contributed by atoms with van der Waals surface area (Å²) >= 11 is 0. The van der Waals surface area contributed by atoms with E-state index in [4.69, 9.17) is 0 Å². The monoisotopic (exact) mass is 498 g/mol. The van der Waals surface area contributed by atoms with Gasteiger partial charge in [-0.25, -0.2) is 0 Å². The maximum atomic E-state index is 13.2. The van der Waals surface area contributed by atoms with Crippen LogP contribution in [0.5, 0.6) is 0 Å². The Labute approximate surface area is 220 Å². The zero-order valence-electron chi connectivity index (χ0n) is 24.1. The summed E-state index contributed by atoms with van der Waals surface area (Å²) in [4.78, 5) is 0. The van der Waals surface area contributed by atoms with Crippen molar-refractivity contribution in [3.8, 4) is 11.1 Å². The van der Waals surface area contributed by atoms with Crippen LogP contribution in [0.2, 0.25) is 0 Å². The van der Waals surface area contributed by atoms with Crippen LogP contribution in [0.3, 0.4) is 0 Å². The van der Waals surface area contributed by atoms with Gasteiger partial charge in [0.15, 0.2) is 0 Å². The molecule has 0 amide bonds. The molecule has 0 fully saturated rings. The third-order valence-corrected chi connectivity index (χ3v) is 12.0. The summed E-state index contributed by atoms with van der Waals surface area (Å²) in [7, 11) is -0.466. The van der Waals surface area contributed by atoms with Gasteiger partial charge in [0.1, 0.15) is 5.60 Å². The van der Waals surface area contributed by atoms with Gasteiger partial charge in [0.2, 0.25) is 0 Å². The largest absolute Gasteiger partial charge is 0.376 e. The zero-order valence-corrected chi connectivity index (χ0v) is 25.0. The van der Waals surface area contributed by atoms with Crippen molar-refractivity contribution in [1.29, 1.82) is 0 Å². The van der Waals surface area contributed by atoms with Crippen LogP contribution in [0, 0.1) is 0 Å². The fourth-order valence-electron chi connectivity index (χ4n) is 6.62. The average Bonchev–Trinajstić information content (AvgIpc) is 2.99. The molecule has 0 saturated carbocycles. The molecule has 0 spiro atoms. The molecule has 1 nitrogen and oxygen atoms in total. The van der Waals surface area contributed by atoms with E-state index < -0.39 is 13.5 Å². The molecule has 1 heterocycles. The summed E-state index contributed by atoms with van der Waals surface area (Å²) in [5, 5.41) is 14.9. The van der Waals surface area contributed by atoms with E-state index in [2.05, 4.69) is 131 Å². The molecule has 1 aliphatic carbocycles. The highest BCUT2D eigenvalue weighted by atomic mass is 31.1. The van der Waals surface area contributed by atoms with Gasteiger partial charge in [0.25, 0.3) is 0 Å². The summed E-state index contributed by atoms with van der Waals surface area (Å²) in [6, 6.07) is 20.2. The highest BCUT2D eigenvalue weighted by Crippen LogP contribution is 2.72. The van der Waals surface area contributed by atoms with Gasteiger partial charge in [-0.15, -0.1) is 0 Å². The zero-order chi connectivity index (χ0) is 26.6. The van der Waals surface area contributed by atoms with Gasteiger partial charge in [-0.05, 0) is 49.1 Å². The van der Waals surface area contributed by atoms with Crippen LogP contribution in [-0.4, -0.2) is 10.3 Å². The fraction of sp³-hybridized carbons (Fsp3) is 0.471. The maximum absolute atomic E-state index is 13.2. The maximum Gasteiger partial charge on any atom is 0.142 e. The lowest BCUT2D eigenvalue weighted by atomic mass is 9.78. The summed E-state index contributed by atoms with van der Waals surface area (Å²) in [5.41, 5.74) is 8.27. The molecule has 0 aromatic heterocycles. The van der Waals surface area contributed by atoms with E-state index in [1.54, 1.807) is 0 Å². The van der Waals surface area contributed by atoms with Crippen molar-refractivity contribution < 1.29 is 5.11 Å². The topological polar surface area (TPSA) is 20.2 Å². The number of aliphatic hydroxyl groups is 1. The van der Waals surface area contributed by atoms with Gasteiger partial charge in [-0.1, -0.05) is 139 Å². The summed E-state index contributed by atoms with van der Waals surface area (Å²) in [6.07, 6.45) is 0. The van der Waals surface area contributed by atoms with Crippen LogP contribution < -0.4 is 5.30 Å². The van der Waals surface area contributed by atoms with Gasteiger partial charge in [-0.3, -0.25) is 0 Å². The highest BCUT2D eigenvalue weighted by molar-refractivity contribution is 7.70. The first-order chi connectivity index (χ1) is 16.4. The van der Waals surface area contributed by atoms with Crippen LogP contribution in [0.4, 0.5) is 0 Å². The Morgan fingerprint density at radius 2 is 1.06 bits per heavy atom. The number of hydrogen-bond acceptors (Lipinski definition) is 1. The van der Waals surface area contributed by atoms with Gasteiger partial charge in [-0.2, -0.15) is 0 Å². The predicted molar refractivity (Wildman–Crippen MR) is 157 cm³/mol. The number of hydrogen-bond donors (Lipinski definition) is 1. The Kier molecular flexibility index (Phi) is 5.39. The number of benzene rings is 3. The molecule has 5 rings (SSSR count). The van der Waals surface area contributed by atoms with Crippen LogP contribution in [0.25, 0.3) is 11.1 Å². The molecule has 2 heteroatoms. The lowest BCUT2D eigenvalue weighted by Gasteiger charge is -2.55. The molecule has 1 atom stereocenters. The normalized spacial score (nSPS) is 19.8. The minimum absolute atomic E-state index is 0.00303. The van der Waals surface area contributed by atoms with Crippen molar-refractivity contribution in [1.82, 2.24) is 0 Å². The minimum Gasteiger partial charge on any atom is -0.376 e. The highest BCUT2D eigenvalue weighted by Gasteiger charge is 2.55. The van der Waals surface area contributed by atoms with Crippen molar-refractivity contribution in [2.24, 2.45) is 0 Å². The molecule has 36 heavy (non-hydrogen) atoms. The second kappa shape index (κ2) is 7.55. The predicted octanol–water partition coefficient (Wildman–Crippen LogP) is 8.70. The SMILES string of the molecule is CC(C)(C)c1ccc2c(c1)C(O)(c1cccc3c1P(C(C)(C)C)C3(C)C)c1cc(C(C)(C)C)ccc1-2. The Morgan fingerprint density at radius 1 is 0.611 bits per heavy atom. The lowest BCUT2D eigenvalue weighted by molar-refractivity contribution is 0.131. The van der Waals surface area contributed by atoms with Crippen LogP contribution in [0.1, 0.15) is 110 Å². The van der Waals surface area contributed by atoms with Crippen LogP contribution >= 0.6 is 7.92 Å². The number of fused-ring (bicyclic) bond motifs is 4. The molecule has 190 valence electrons. The van der Waals surface area contributed by atoms with E-state index in [1.807, 2.05) is 0 Å². The standard InChI is InChI=1S/C34H43OP/c1-30(2,3)21-15-17-23-24-18-16-22(31(4,5)6)20-28(24)34(35,27(23)19-21)26-14-12-13-25-29(26)36(32(7,8)9)33(25,10)11/h12-20,35H,1-11H3. The summed E-state index contributed by atoms with van der Waals surface area (Å²) < 4.78 is 0. The van der Waals surface area contributed by atoms with Crippen molar-refractivity contribution in [3.63, 3.8) is 0 Å². The quantitative estimate of drug-likeness (QED) is 0.333. The van der Waals surface area contributed by atoms with Crippen LogP contribution in [0.15, 0.2) is 54.6 Å². The molecule has 0 saturated heterocycles. The molecule has 2 aliphatic rings. The molecule has 0 radical (unpaired) electrons. The van der Waals surface area contributed by atoms with E-state index in [0.29, 0.717) is 0 Å². The van der Waals surface area contributed by atoms with Crippen molar-refractivity contribution in [2.45, 2.75) is 103 Å². The van der Waals surface area contributed by atoms with Crippen LogP contribution in [-0.2, 0) is 21.6 Å². The van der Waals surface area contributed by atoms with E-state index in [0.717, 1.165) is 27.8 Å². The molecule has 3 aromatic rings. The average molecular weight is 499 g/mol. The first kappa shape index (κ1) is 25.7. The third-order valence-electron chi connectivity index (χ3n) is 8.38. The van der Waals surface area contributed by atoms with Gasteiger partial charge >= 0.3 is 0 Å². The van der Waals surface area contributed by atoms with Crippen molar-refractivity contribution >= 4 is 13.2 Å². The fourth-order valence-corrected chi connectivity index (χ4v) is 10.9. The third kappa shape index (κ3) is 3.49. The first-order valence-corrected chi connectivity index (χ1v) is 14.7. The Hall–Kier alpha value is -1.95. The van der Waals surface area contributed by atoms with Gasteiger partial charge in [0.05, 0.1) is 0 Å². The van der Waals surface area contributed by atoms with E-state index in [-0.39, 0.29) is 21.1 Å². The summed E-state index contributed by atoms with van der Waals surface area (Å²) in [6.45, 7) is 25.4. The molecule has 3 aromatic carbocycles. The minimum atomic E-state index is -1.17. The molecule has 0 bridgehead atoms. The number of rotatable bonds is 1. The first-order valence-electron chi connectivity index (χ1n) is 13.4. The smallest absolute Gasteiger partial charge is 0.142 e.